The first-order chi connectivity index (χ1) is 21.7. The lowest BCUT2D eigenvalue weighted by Gasteiger charge is -2.42. The number of piperidine rings is 2. The summed E-state index contributed by atoms with van der Waals surface area (Å²) < 4.78 is 80.7. The van der Waals surface area contributed by atoms with Crippen molar-refractivity contribution in [3.63, 3.8) is 0 Å². The molecule has 2 aliphatic rings. The summed E-state index contributed by atoms with van der Waals surface area (Å²) in [5.41, 5.74) is -2.60. The molecule has 2 aliphatic heterocycles. The van der Waals surface area contributed by atoms with Crippen LogP contribution in [0.1, 0.15) is 73.3 Å². The maximum atomic E-state index is 13.9. The van der Waals surface area contributed by atoms with Crippen LogP contribution in [0.2, 0.25) is 0 Å². The summed E-state index contributed by atoms with van der Waals surface area (Å²) in [7, 11) is 1.36. The number of amides is 3. The highest BCUT2D eigenvalue weighted by atomic mass is 19.4. The van der Waals surface area contributed by atoms with E-state index in [9.17, 15) is 45.8 Å². The number of rotatable bonds is 7. The lowest BCUT2D eigenvalue weighted by molar-refractivity contribution is -0.146. The van der Waals surface area contributed by atoms with Crippen LogP contribution < -0.4 is 0 Å². The highest BCUT2D eigenvalue weighted by Crippen LogP contribution is 2.39. The van der Waals surface area contributed by atoms with Gasteiger partial charge in [-0.05, 0) is 74.9 Å². The Balaban J connectivity index is 1.51. The number of likely N-dealkylation sites (tertiary alicyclic amines) is 2. The molecule has 0 radical (unpaired) electrons. The Hall–Kier alpha value is -3.61. The second-order valence-corrected chi connectivity index (χ2v) is 13.4. The van der Waals surface area contributed by atoms with Gasteiger partial charge in [0, 0.05) is 57.5 Å². The maximum absolute atomic E-state index is 13.9. The topological polar surface area (TPSA) is 81.2 Å². The molecule has 2 fully saturated rings. The molecular weight excluding hydrogens is 628 g/mol. The number of benzene rings is 2. The number of alkyl halides is 6. The van der Waals surface area contributed by atoms with Gasteiger partial charge in [-0.15, -0.1) is 0 Å². The quantitative estimate of drug-likeness (QED) is 0.366. The van der Waals surface area contributed by atoms with Crippen molar-refractivity contribution >= 4 is 17.7 Å². The number of carbonyl (C=O) groups is 3. The second-order valence-electron chi connectivity index (χ2n) is 13.4. The minimum absolute atomic E-state index is 0.0169. The van der Waals surface area contributed by atoms with Crippen LogP contribution in [-0.4, -0.2) is 76.4 Å². The number of hydrogen-bond acceptors (Lipinski definition) is 4. The number of halogens is 6. The Labute approximate surface area is 270 Å². The van der Waals surface area contributed by atoms with E-state index in [1.807, 2.05) is 31.2 Å². The summed E-state index contributed by atoms with van der Waals surface area (Å²) >= 11 is 0. The molecule has 1 N–H and O–H groups in total. The number of hydrogen-bond donors (Lipinski definition) is 1. The minimum Gasteiger partial charge on any atom is -0.390 e. The van der Waals surface area contributed by atoms with Gasteiger partial charge in [-0.3, -0.25) is 14.4 Å². The molecule has 2 aromatic carbocycles. The van der Waals surface area contributed by atoms with E-state index in [0.717, 1.165) is 16.0 Å². The van der Waals surface area contributed by atoms with E-state index in [-0.39, 0.29) is 55.3 Å². The Morgan fingerprint density at radius 1 is 0.872 bits per heavy atom. The fraction of sp³-hybridized carbons (Fsp3) is 0.559. The fourth-order valence-corrected chi connectivity index (χ4v) is 6.63. The van der Waals surface area contributed by atoms with E-state index >= 15 is 0 Å². The van der Waals surface area contributed by atoms with E-state index in [4.69, 9.17) is 0 Å². The van der Waals surface area contributed by atoms with Crippen LogP contribution in [0.4, 0.5) is 26.3 Å². The van der Waals surface area contributed by atoms with Gasteiger partial charge < -0.3 is 19.8 Å². The molecule has 258 valence electrons. The van der Waals surface area contributed by atoms with E-state index < -0.39 is 53.4 Å². The third kappa shape index (κ3) is 9.05. The van der Waals surface area contributed by atoms with Gasteiger partial charge in [0.05, 0.1) is 23.1 Å². The zero-order valence-corrected chi connectivity index (χ0v) is 26.9. The van der Waals surface area contributed by atoms with Crippen molar-refractivity contribution in [1.82, 2.24) is 14.7 Å². The summed E-state index contributed by atoms with van der Waals surface area (Å²) in [5, 5.41) is 10.00. The van der Waals surface area contributed by atoms with Gasteiger partial charge >= 0.3 is 12.4 Å². The molecule has 13 heteroatoms. The lowest BCUT2D eigenvalue weighted by Crippen LogP contribution is -2.51. The van der Waals surface area contributed by atoms with Crippen LogP contribution in [0.5, 0.6) is 0 Å². The third-order valence-electron chi connectivity index (χ3n) is 9.05. The van der Waals surface area contributed by atoms with Crippen molar-refractivity contribution in [3.05, 3.63) is 70.3 Å². The Morgan fingerprint density at radius 2 is 1.43 bits per heavy atom. The van der Waals surface area contributed by atoms with Gasteiger partial charge in [0.15, 0.2) is 0 Å². The molecule has 0 spiro atoms. The molecule has 47 heavy (non-hydrogen) atoms. The van der Waals surface area contributed by atoms with Gasteiger partial charge in [-0.2, -0.15) is 26.3 Å². The second kappa shape index (κ2) is 13.9. The molecule has 0 bridgehead atoms. The average molecular weight is 670 g/mol. The lowest BCUT2D eigenvalue weighted by atomic mass is 9.77. The zero-order valence-electron chi connectivity index (χ0n) is 26.9. The molecule has 7 nitrogen and oxygen atoms in total. The summed E-state index contributed by atoms with van der Waals surface area (Å²) in [5.74, 6) is -2.14. The first-order valence-corrected chi connectivity index (χ1v) is 15.6. The smallest absolute Gasteiger partial charge is 0.390 e. The van der Waals surface area contributed by atoms with Crippen LogP contribution >= 0.6 is 0 Å². The van der Waals surface area contributed by atoms with Crippen LogP contribution in [0.15, 0.2) is 42.5 Å². The minimum atomic E-state index is -5.00. The standard InChI is InChI=1S/C34H41F6N3O4/c1-21-7-5-6-8-26(21)28-20-43(30(45)23-9-12-42(13-10-23)29(44)18-32(2,3)47)14-11-27(28)31(46)41(4)19-22-15-24(33(35,36)37)17-25(16-22)34(38,39)40/h5-8,15-17,23,27-28,47H,9-14,18-20H2,1-4H3. The molecule has 2 heterocycles. The van der Waals surface area contributed by atoms with Crippen molar-refractivity contribution in [1.29, 1.82) is 0 Å². The largest absolute Gasteiger partial charge is 0.416 e. The summed E-state index contributed by atoms with van der Waals surface area (Å²) in [6, 6.07) is 8.71. The summed E-state index contributed by atoms with van der Waals surface area (Å²) in [6.07, 6.45) is -8.84. The Kier molecular flexibility index (Phi) is 10.7. The maximum Gasteiger partial charge on any atom is 0.416 e. The molecule has 4 rings (SSSR count). The number of aryl methyl sites for hydroxylation is 1. The van der Waals surface area contributed by atoms with Crippen molar-refractivity contribution in [2.75, 3.05) is 33.2 Å². The van der Waals surface area contributed by atoms with Gasteiger partial charge in [0.2, 0.25) is 17.7 Å². The SMILES string of the molecule is Cc1ccccc1C1CN(C(=O)C2CCN(C(=O)CC(C)(C)O)CC2)CCC1C(=O)N(C)Cc1cc(C(F)(F)F)cc(C(F)(F)F)c1. The van der Waals surface area contributed by atoms with E-state index in [1.165, 1.54) is 7.05 Å². The molecule has 2 unspecified atom stereocenters. The molecule has 3 amide bonds. The molecule has 0 saturated carbocycles. The van der Waals surface area contributed by atoms with Crippen LogP contribution in [0.3, 0.4) is 0 Å². The van der Waals surface area contributed by atoms with Gasteiger partial charge in [-0.25, -0.2) is 0 Å². The predicted octanol–water partition coefficient (Wildman–Crippen LogP) is 6.02. The normalized spacial score (nSPS) is 19.9. The van der Waals surface area contributed by atoms with Gasteiger partial charge in [0.25, 0.3) is 0 Å². The molecule has 0 aliphatic carbocycles. The molecular formula is C34H41F6N3O4. The van der Waals surface area contributed by atoms with E-state index in [2.05, 4.69) is 0 Å². The number of carbonyl (C=O) groups excluding carboxylic acids is 3. The third-order valence-corrected chi connectivity index (χ3v) is 9.05. The van der Waals surface area contributed by atoms with Crippen LogP contribution in [-0.2, 0) is 33.3 Å². The summed E-state index contributed by atoms with van der Waals surface area (Å²) in [4.78, 5) is 44.6. The molecule has 0 aromatic heterocycles. The fourth-order valence-electron chi connectivity index (χ4n) is 6.63. The first kappa shape index (κ1) is 36.2. The highest BCUT2D eigenvalue weighted by molar-refractivity contribution is 5.83. The van der Waals surface area contributed by atoms with E-state index in [0.29, 0.717) is 38.1 Å². The van der Waals surface area contributed by atoms with Crippen molar-refractivity contribution in [3.8, 4) is 0 Å². The molecule has 2 aromatic rings. The average Bonchev–Trinajstić information content (AvgIpc) is 2.98. The highest BCUT2D eigenvalue weighted by Gasteiger charge is 2.41. The molecule has 2 atom stereocenters. The van der Waals surface area contributed by atoms with Crippen molar-refractivity contribution < 1.29 is 45.8 Å². The monoisotopic (exact) mass is 669 g/mol. The van der Waals surface area contributed by atoms with Crippen molar-refractivity contribution in [2.45, 2.75) is 76.9 Å². The van der Waals surface area contributed by atoms with E-state index in [1.54, 1.807) is 23.6 Å². The zero-order chi connectivity index (χ0) is 34.9. The van der Waals surface area contributed by atoms with Gasteiger partial charge in [-0.1, -0.05) is 24.3 Å². The predicted molar refractivity (Wildman–Crippen MR) is 162 cm³/mol. The number of nitrogens with zero attached hydrogens (tertiary/aromatic N) is 3. The van der Waals surface area contributed by atoms with Crippen LogP contribution in [0, 0.1) is 18.8 Å². The van der Waals surface area contributed by atoms with Crippen LogP contribution in [0.25, 0.3) is 0 Å². The van der Waals surface area contributed by atoms with Crippen molar-refractivity contribution in [2.24, 2.45) is 11.8 Å². The number of aliphatic hydroxyl groups is 1. The van der Waals surface area contributed by atoms with Gasteiger partial charge in [0.1, 0.15) is 0 Å². The Bertz CT molecular complexity index is 1430. The molecule has 2 saturated heterocycles. The Morgan fingerprint density at radius 3 is 1.96 bits per heavy atom. The first-order valence-electron chi connectivity index (χ1n) is 15.6. The summed E-state index contributed by atoms with van der Waals surface area (Å²) in [6.45, 7) is 5.79.